The molecule has 0 bridgehead atoms. The minimum Gasteiger partial charge on any atom is -0.343 e. The van der Waals surface area contributed by atoms with Crippen LogP contribution < -0.4 is 10.6 Å². The molecule has 1 aromatic heterocycles. The van der Waals surface area contributed by atoms with Crippen molar-refractivity contribution in [3.63, 3.8) is 0 Å². The van der Waals surface area contributed by atoms with Gasteiger partial charge in [-0.1, -0.05) is 6.07 Å². The summed E-state index contributed by atoms with van der Waals surface area (Å²) in [6.07, 6.45) is -3.20. The molecule has 10 heteroatoms. The Kier molecular flexibility index (Phi) is 5.53. The molecule has 0 spiro atoms. The summed E-state index contributed by atoms with van der Waals surface area (Å²) in [6.45, 7) is 2.19. The molecule has 0 aliphatic heterocycles. The van der Waals surface area contributed by atoms with E-state index in [1.54, 1.807) is 21.0 Å². The van der Waals surface area contributed by atoms with E-state index in [9.17, 15) is 22.8 Å². The van der Waals surface area contributed by atoms with Crippen LogP contribution >= 0.6 is 0 Å². The molecule has 0 atom stereocenters. The fourth-order valence-electron chi connectivity index (χ4n) is 2.21. The molecule has 1 aromatic carbocycles. The number of aryl methyl sites for hydroxylation is 1. The number of hydrogen-bond donors (Lipinski definition) is 2. The van der Waals surface area contributed by atoms with Gasteiger partial charge in [-0.3, -0.25) is 9.48 Å². The largest absolute Gasteiger partial charge is 0.416 e. The number of benzene rings is 1. The quantitative estimate of drug-likeness (QED) is 0.868. The van der Waals surface area contributed by atoms with Gasteiger partial charge in [0, 0.05) is 26.3 Å². The summed E-state index contributed by atoms with van der Waals surface area (Å²) < 4.78 is 39.6. The zero-order valence-corrected chi connectivity index (χ0v) is 14.4. The third-order valence-corrected chi connectivity index (χ3v) is 3.44. The number of nitrogens with one attached hydrogen (secondary N) is 2. The summed E-state index contributed by atoms with van der Waals surface area (Å²) in [5.41, 5.74) is -0.565. The van der Waals surface area contributed by atoms with E-state index in [2.05, 4.69) is 15.7 Å². The van der Waals surface area contributed by atoms with Gasteiger partial charge in [-0.2, -0.15) is 18.3 Å². The maximum absolute atomic E-state index is 12.7. The van der Waals surface area contributed by atoms with E-state index in [4.69, 9.17) is 0 Å². The van der Waals surface area contributed by atoms with Crippen molar-refractivity contribution in [3.8, 4) is 0 Å². The lowest BCUT2D eigenvalue weighted by Crippen LogP contribution is -2.27. The molecular formula is C16H18F3N5O2. The molecular weight excluding hydrogens is 351 g/mol. The lowest BCUT2D eigenvalue weighted by molar-refractivity contribution is -0.137. The molecule has 26 heavy (non-hydrogen) atoms. The van der Waals surface area contributed by atoms with E-state index in [0.29, 0.717) is 6.54 Å². The summed E-state index contributed by atoms with van der Waals surface area (Å²) in [4.78, 5) is 25.7. The average molecular weight is 369 g/mol. The summed E-state index contributed by atoms with van der Waals surface area (Å²) in [6, 6.07) is 3.46. The van der Waals surface area contributed by atoms with Crippen LogP contribution in [0.1, 0.15) is 23.0 Å². The number of halogens is 3. The molecule has 0 unspecified atom stereocenters. The van der Waals surface area contributed by atoms with Gasteiger partial charge in [0.05, 0.1) is 17.4 Å². The number of carbonyl (C=O) groups excluding carboxylic acids is 2. The van der Waals surface area contributed by atoms with Crippen molar-refractivity contribution < 1.29 is 22.8 Å². The van der Waals surface area contributed by atoms with Gasteiger partial charge in [-0.05, 0) is 25.1 Å². The van der Waals surface area contributed by atoms with Gasteiger partial charge in [0.2, 0.25) is 0 Å². The van der Waals surface area contributed by atoms with E-state index < -0.39 is 17.8 Å². The maximum atomic E-state index is 12.7. The normalized spacial score (nSPS) is 11.2. The van der Waals surface area contributed by atoms with Crippen LogP contribution in [0.25, 0.3) is 0 Å². The van der Waals surface area contributed by atoms with Gasteiger partial charge >= 0.3 is 12.2 Å². The van der Waals surface area contributed by atoms with E-state index in [1.165, 1.54) is 27.9 Å². The number of amides is 3. The Bertz CT molecular complexity index is 814. The molecule has 0 fully saturated rings. The van der Waals surface area contributed by atoms with Crippen LogP contribution in [0, 0.1) is 0 Å². The van der Waals surface area contributed by atoms with Crippen LogP contribution in [-0.4, -0.2) is 40.7 Å². The molecule has 0 saturated heterocycles. The Morgan fingerprint density at radius 1 is 1.23 bits per heavy atom. The number of alkyl halides is 3. The SMILES string of the molecule is CCn1ncc(NC(=O)Nc2cccc(C(F)(F)F)c2)c1C(=O)N(C)C. The molecule has 0 saturated carbocycles. The second kappa shape index (κ2) is 7.46. The predicted molar refractivity (Wildman–Crippen MR) is 90.0 cm³/mol. The fraction of sp³-hybridized carbons (Fsp3) is 0.312. The van der Waals surface area contributed by atoms with Crippen LogP contribution in [0.3, 0.4) is 0 Å². The minimum atomic E-state index is -4.51. The molecule has 1 heterocycles. The number of aromatic nitrogens is 2. The van der Waals surface area contributed by atoms with Gasteiger partial charge in [0.15, 0.2) is 0 Å². The number of anilines is 2. The van der Waals surface area contributed by atoms with Crippen LogP contribution in [-0.2, 0) is 12.7 Å². The number of nitrogens with zero attached hydrogens (tertiary/aromatic N) is 3. The first-order valence-electron chi connectivity index (χ1n) is 7.66. The van der Waals surface area contributed by atoms with E-state index in [-0.39, 0.29) is 23.0 Å². The Morgan fingerprint density at radius 3 is 2.50 bits per heavy atom. The number of hydrogen-bond acceptors (Lipinski definition) is 3. The lowest BCUT2D eigenvalue weighted by Gasteiger charge is -2.14. The fourth-order valence-corrected chi connectivity index (χ4v) is 2.21. The van der Waals surface area contributed by atoms with Gasteiger partial charge in [0.1, 0.15) is 5.69 Å². The number of urea groups is 1. The highest BCUT2D eigenvalue weighted by molar-refractivity contribution is 6.05. The topological polar surface area (TPSA) is 79.3 Å². The summed E-state index contributed by atoms with van der Waals surface area (Å²) in [5, 5.41) is 8.78. The summed E-state index contributed by atoms with van der Waals surface area (Å²) in [5.74, 6) is -0.362. The van der Waals surface area contributed by atoms with Crippen molar-refractivity contribution in [2.45, 2.75) is 19.6 Å². The van der Waals surface area contributed by atoms with Gasteiger partial charge in [-0.15, -0.1) is 0 Å². The molecule has 2 N–H and O–H groups in total. The first kappa shape index (κ1) is 19.3. The van der Waals surface area contributed by atoms with Crippen molar-refractivity contribution in [3.05, 3.63) is 41.7 Å². The second-order valence-electron chi connectivity index (χ2n) is 5.58. The molecule has 2 rings (SSSR count). The highest BCUT2D eigenvalue weighted by atomic mass is 19.4. The van der Waals surface area contributed by atoms with Crippen molar-refractivity contribution in [2.75, 3.05) is 24.7 Å². The van der Waals surface area contributed by atoms with Gasteiger partial charge < -0.3 is 15.5 Å². The first-order chi connectivity index (χ1) is 12.1. The van der Waals surface area contributed by atoms with Gasteiger partial charge in [0.25, 0.3) is 5.91 Å². The summed E-state index contributed by atoms with van der Waals surface area (Å²) >= 11 is 0. The van der Waals surface area contributed by atoms with Crippen molar-refractivity contribution in [1.29, 1.82) is 0 Å². The highest BCUT2D eigenvalue weighted by Gasteiger charge is 2.30. The van der Waals surface area contributed by atoms with Crippen molar-refractivity contribution in [2.24, 2.45) is 0 Å². The predicted octanol–water partition coefficient (Wildman–Crippen LogP) is 3.27. The standard InChI is InChI=1S/C16H18F3N5O2/c1-4-24-13(14(25)23(2)3)12(9-20-24)22-15(26)21-11-7-5-6-10(8-11)16(17,18)19/h5-9H,4H2,1-3H3,(H2,21,22,26). The zero-order chi connectivity index (χ0) is 19.5. The van der Waals surface area contributed by atoms with Crippen LogP contribution in [0.15, 0.2) is 30.5 Å². The Balaban J connectivity index is 2.19. The minimum absolute atomic E-state index is 0.0271. The maximum Gasteiger partial charge on any atom is 0.416 e. The number of rotatable bonds is 4. The third kappa shape index (κ3) is 4.32. The van der Waals surface area contributed by atoms with Crippen molar-refractivity contribution in [1.82, 2.24) is 14.7 Å². The van der Waals surface area contributed by atoms with Crippen LogP contribution in [0.5, 0.6) is 0 Å². The van der Waals surface area contributed by atoms with Crippen LogP contribution in [0.4, 0.5) is 29.3 Å². The van der Waals surface area contributed by atoms with E-state index in [0.717, 1.165) is 12.1 Å². The monoisotopic (exact) mass is 369 g/mol. The molecule has 0 aliphatic carbocycles. The smallest absolute Gasteiger partial charge is 0.343 e. The molecule has 7 nitrogen and oxygen atoms in total. The molecule has 2 aromatic rings. The summed E-state index contributed by atoms with van der Waals surface area (Å²) in [7, 11) is 3.11. The highest BCUT2D eigenvalue weighted by Crippen LogP contribution is 2.30. The van der Waals surface area contributed by atoms with Gasteiger partial charge in [-0.25, -0.2) is 4.79 Å². The molecule has 3 amide bonds. The Hall–Kier alpha value is -3.04. The van der Waals surface area contributed by atoms with E-state index >= 15 is 0 Å². The van der Waals surface area contributed by atoms with Crippen LogP contribution in [0.2, 0.25) is 0 Å². The Morgan fingerprint density at radius 2 is 1.92 bits per heavy atom. The second-order valence-corrected chi connectivity index (χ2v) is 5.58. The lowest BCUT2D eigenvalue weighted by atomic mass is 10.2. The zero-order valence-electron chi connectivity index (χ0n) is 14.4. The Labute approximate surface area is 147 Å². The third-order valence-electron chi connectivity index (χ3n) is 3.44. The molecule has 140 valence electrons. The average Bonchev–Trinajstić information content (AvgIpc) is 2.95. The first-order valence-corrected chi connectivity index (χ1v) is 7.66. The molecule has 0 aliphatic rings. The number of carbonyl (C=O) groups is 2. The van der Waals surface area contributed by atoms with Crippen molar-refractivity contribution >= 4 is 23.3 Å². The van der Waals surface area contributed by atoms with E-state index in [1.807, 2.05) is 0 Å². The molecule has 0 radical (unpaired) electrons.